The van der Waals surface area contributed by atoms with E-state index in [9.17, 15) is 4.39 Å². The second-order valence-electron chi connectivity index (χ2n) is 4.82. The molecule has 1 aliphatic heterocycles. The van der Waals surface area contributed by atoms with Crippen LogP contribution in [-0.4, -0.2) is 44.7 Å². The Labute approximate surface area is 120 Å². The first-order valence-electron chi connectivity index (χ1n) is 6.53. The summed E-state index contributed by atoms with van der Waals surface area (Å²) in [6.45, 7) is 5.00. The second kappa shape index (κ2) is 8.35. The SMILES string of the molecule is CNCC1CCN(CCOc2ccc(F)cc2)C1.Cl. The number of halogens is 2. The van der Waals surface area contributed by atoms with Gasteiger partial charge in [0.25, 0.3) is 0 Å². The molecular weight excluding hydrogens is 267 g/mol. The van der Waals surface area contributed by atoms with Gasteiger partial charge in [0.2, 0.25) is 0 Å². The number of nitrogens with zero attached hydrogens (tertiary/aromatic N) is 1. The van der Waals surface area contributed by atoms with Gasteiger partial charge < -0.3 is 10.1 Å². The van der Waals surface area contributed by atoms with Gasteiger partial charge in [-0.2, -0.15) is 0 Å². The van der Waals surface area contributed by atoms with Crippen LogP contribution in [0.5, 0.6) is 5.75 Å². The van der Waals surface area contributed by atoms with Crippen molar-refractivity contribution in [3.05, 3.63) is 30.1 Å². The minimum absolute atomic E-state index is 0. The number of ether oxygens (including phenoxy) is 1. The monoisotopic (exact) mass is 288 g/mol. The Kier molecular flexibility index (Phi) is 7.13. The van der Waals surface area contributed by atoms with Crippen molar-refractivity contribution in [3.63, 3.8) is 0 Å². The van der Waals surface area contributed by atoms with Gasteiger partial charge in [-0.1, -0.05) is 0 Å². The third-order valence-electron chi connectivity index (χ3n) is 3.35. The van der Waals surface area contributed by atoms with Crippen molar-refractivity contribution in [1.29, 1.82) is 0 Å². The van der Waals surface area contributed by atoms with E-state index < -0.39 is 0 Å². The summed E-state index contributed by atoms with van der Waals surface area (Å²) in [5, 5.41) is 3.22. The van der Waals surface area contributed by atoms with Crippen LogP contribution in [0.4, 0.5) is 4.39 Å². The van der Waals surface area contributed by atoms with Gasteiger partial charge in [0, 0.05) is 13.1 Å². The largest absolute Gasteiger partial charge is 0.492 e. The first-order valence-corrected chi connectivity index (χ1v) is 6.53. The molecule has 1 heterocycles. The molecule has 1 atom stereocenters. The molecule has 1 aliphatic rings. The third kappa shape index (κ3) is 5.35. The Morgan fingerprint density at radius 1 is 1.37 bits per heavy atom. The fraction of sp³-hybridized carbons (Fsp3) is 0.571. The first-order chi connectivity index (χ1) is 8.78. The lowest BCUT2D eigenvalue weighted by atomic mass is 10.1. The van der Waals surface area contributed by atoms with Crippen LogP contribution in [0.3, 0.4) is 0 Å². The highest BCUT2D eigenvalue weighted by Gasteiger charge is 2.21. The quantitative estimate of drug-likeness (QED) is 0.868. The van der Waals surface area contributed by atoms with Crippen molar-refractivity contribution in [3.8, 4) is 5.75 Å². The molecule has 0 saturated carbocycles. The van der Waals surface area contributed by atoms with Crippen LogP contribution < -0.4 is 10.1 Å². The number of nitrogens with one attached hydrogen (secondary N) is 1. The molecule has 19 heavy (non-hydrogen) atoms. The van der Waals surface area contributed by atoms with Gasteiger partial charge >= 0.3 is 0 Å². The van der Waals surface area contributed by atoms with Gasteiger partial charge in [-0.3, -0.25) is 4.90 Å². The summed E-state index contributed by atoms with van der Waals surface area (Å²) in [5.74, 6) is 1.28. The van der Waals surface area contributed by atoms with Gasteiger partial charge in [-0.15, -0.1) is 12.4 Å². The van der Waals surface area contributed by atoms with Crippen molar-refractivity contribution in [2.45, 2.75) is 6.42 Å². The summed E-state index contributed by atoms with van der Waals surface area (Å²) >= 11 is 0. The first kappa shape index (κ1) is 16.2. The number of benzene rings is 1. The molecule has 0 amide bonds. The predicted octanol–water partition coefficient (Wildman–Crippen LogP) is 2.17. The normalized spacial score (nSPS) is 19.2. The maximum Gasteiger partial charge on any atom is 0.123 e. The highest BCUT2D eigenvalue weighted by Crippen LogP contribution is 2.15. The number of likely N-dealkylation sites (tertiary alicyclic amines) is 1. The average Bonchev–Trinajstić information content (AvgIpc) is 2.80. The molecule has 1 fully saturated rings. The number of hydrogen-bond acceptors (Lipinski definition) is 3. The van der Waals surface area contributed by atoms with E-state index in [0.29, 0.717) is 6.61 Å². The zero-order chi connectivity index (χ0) is 12.8. The summed E-state index contributed by atoms with van der Waals surface area (Å²) in [6, 6.07) is 6.19. The van der Waals surface area contributed by atoms with Crippen LogP contribution in [0.2, 0.25) is 0 Å². The van der Waals surface area contributed by atoms with E-state index in [1.54, 1.807) is 12.1 Å². The van der Waals surface area contributed by atoms with Gasteiger partial charge in [0.05, 0.1) is 0 Å². The van der Waals surface area contributed by atoms with Crippen molar-refractivity contribution in [1.82, 2.24) is 10.2 Å². The van der Waals surface area contributed by atoms with Crippen LogP contribution in [0.25, 0.3) is 0 Å². The summed E-state index contributed by atoms with van der Waals surface area (Å²) in [4.78, 5) is 2.42. The summed E-state index contributed by atoms with van der Waals surface area (Å²) in [5.41, 5.74) is 0. The molecule has 2 rings (SSSR count). The van der Waals surface area contributed by atoms with E-state index in [2.05, 4.69) is 10.2 Å². The number of rotatable bonds is 6. The predicted molar refractivity (Wildman–Crippen MR) is 77.6 cm³/mol. The molecule has 5 heteroatoms. The molecule has 0 bridgehead atoms. The topological polar surface area (TPSA) is 24.5 Å². The lowest BCUT2D eigenvalue weighted by Crippen LogP contribution is -2.28. The van der Waals surface area contributed by atoms with E-state index >= 15 is 0 Å². The molecule has 1 unspecified atom stereocenters. The van der Waals surface area contributed by atoms with Crippen molar-refractivity contribution >= 4 is 12.4 Å². The fourth-order valence-electron chi connectivity index (χ4n) is 2.39. The molecule has 0 radical (unpaired) electrons. The molecule has 1 saturated heterocycles. The van der Waals surface area contributed by atoms with Gasteiger partial charge in [-0.05, 0) is 56.7 Å². The maximum atomic E-state index is 12.7. The van der Waals surface area contributed by atoms with Crippen molar-refractivity contribution in [2.24, 2.45) is 5.92 Å². The van der Waals surface area contributed by atoms with Crippen LogP contribution in [0, 0.1) is 11.7 Å². The fourth-order valence-corrected chi connectivity index (χ4v) is 2.39. The molecule has 0 spiro atoms. The zero-order valence-electron chi connectivity index (χ0n) is 11.3. The van der Waals surface area contributed by atoms with E-state index in [0.717, 1.165) is 37.8 Å². The van der Waals surface area contributed by atoms with Crippen LogP contribution in [0.15, 0.2) is 24.3 Å². The van der Waals surface area contributed by atoms with Crippen LogP contribution in [0.1, 0.15) is 6.42 Å². The Morgan fingerprint density at radius 2 is 2.11 bits per heavy atom. The number of hydrogen-bond donors (Lipinski definition) is 1. The molecule has 1 N–H and O–H groups in total. The maximum absolute atomic E-state index is 12.7. The Morgan fingerprint density at radius 3 is 2.79 bits per heavy atom. The average molecular weight is 289 g/mol. The summed E-state index contributed by atoms with van der Waals surface area (Å²) < 4.78 is 18.3. The molecule has 3 nitrogen and oxygen atoms in total. The summed E-state index contributed by atoms with van der Waals surface area (Å²) in [7, 11) is 2.00. The summed E-state index contributed by atoms with van der Waals surface area (Å²) in [6.07, 6.45) is 1.26. The Hall–Kier alpha value is -0.840. The van der Waals surface area contributed by atoms with Gasteiger partial charge in [-0.25, -0.2) is 4.39 Å². The molecule has 108 valence electrons. The van der Waals surface area contributed by atoms with Crippen LogP contribution in [-0.2, 0) is 0 Å². The van der Waals surface area contributed by atoms with E-state index in [4.69, 9.17) is 4.74 Å². The van der Waals surface area contributed by atoms with Crippen molar-refractivity contribution in [2.75, 3.05) is 39.8 Å². The molecule has 0 aromatic heterocycles. The van der Waals surface area contributed by atoms with Crippen LogP contribution >= 0.6 is 12.4 Å². The van der Waals surface area contributed by atoms with Gasteiger partial charge in [0.1, 0.15) is 18.2 Å². The Balaban J connectivity index is 0.00000180. The zero-order valence-corrected chi connectivity index (χ0v) is 12.1. The van der Waals surface area contributed by atoms with Gasteiger partial charge in [0.15, 0.2) is 0 Å². The second-order valence-corrected chi connectivity index (χ2v) is 4.82. The standard InChI is InChI=1S/C14H21FN2O.ClH/c1-16-10-12-6-7-17(11-12)8-9-18-14-4-2-13(15)3-5-14;/h2-5,12,16H,6-11H2,1H3;1H. The lowest BCUT2D eigenvalue weighted by molar-refractivity contribution is 0.232. The minimum Gasteiger partial charge on any atom is -0.492 e. The lowest BCUT2D eigenvalue weighted by Gasteiger charge is -2.16. The van der Waals surface area contributed by atoms with E-state index in [1.165, 1.54) is 18.6 Å². The smallest absolute Gasteiger partial charge is 0.123 e. The van der Waals surface area contributed by atoms with E-state index in [1.807, 2.05) is 7.05 Å². The minimum atomic E-state index is -0.225. The van der Waals surface area contributed by atoms with Crippen molar-refractivity contribution < 1.29 is 9.13 Å². The third-order valence-corrected chi connectivity index (χ3v) is 3.35. The molecule has 1 aromatic carbocycles. The highest BCUT2D eigenvalue weighted by atomic mass is 35.5. The molecule has 0 aliphatic carbocycles. The molecule has 1 aromatic rings. The molecular formula is C14H22ClFN2O. The highest BCUT2D eigenvalue weighted by molar-refractivity contribution is 5.85. The Bertz CT molecular complexity index is 361. The van der Waals surface area contributed by atoms with E-state index in [-0.39, 0.29) is 18.2 Å².